The summed E-state index contributed by atoms with van der Waals surface area (Å²) in [6.07, 6.45) is 11.6. The van der Waals surface area contributed by atoms with E-state index in [1.54, 1.807) is 0 Å². The van der Waals surface area contributed by atoms with E-state index in [1.165, 1.54) is 44.9 Å². The number of hydrogen-bond donors (Lipinski definition) is 0. The van der Waals surface area contributed by atoms with Crippen molar-refractivity contribution in [1.29, 1.82) is 0 Å². The van der Waals surface area contributed by atoms with Gasteiger partial charge in [0.05, 0.1) is 5.02 Å². The summed E-state index contributed by atoms with van der Waals surface area (Å²) in [6, 6.07) is 7.57. The first kappa shape index (κ1) is 21.1. The third-order valence-electron chi connectivity index (χ3n) is 6.33. The fourth-order valence-electron chi connectivity index (χ4n) is 4.53. The topological polar surface area (TPSA) is 65.0 Å². The van der Waals surface area contributed by atoms with Crippen molar-refractivity contribution in [1.82, 2.24) is 15.3 Å². The van der Waals surface area contributed by atoms with E-state index < -0.39 is 0 Å². The van der Waals surface area contributed by atoms with Crippen molar-refractivity contribution < 1.29 is 9.05 Å². The number of hydrogen-bond acceptors (Lipinski definition) is 5. The fraction of sp³-hybridized carbons (Fsp3) is 0.542. The molecule has 0 aliphatic heterocycles. The van der Waals surface area contributed by atoms with Crippen LogP contribution in [0.1, 0.15) is 82.2 Å². The Kier molecular flexibility index (Phi) is 6.88. The van der Waals surface area contributed by atoms with E-state index in [2.05, 4.69) is 17.2 Å². The monoisotopic (exact) mass is 427 g/mol. The summed E-state index contributed by atoms with van der Waals surface area (Å²) < 4.78 is 11.1. The van der Waals surface area contributed by atoms with E-state index in [4.69, 9.17) is 25.6 Å². The predicted octanol–water partition coefficient (Wildman–Crippen LogP) is 7.60. The zero-order valence-corrected chi connectivity index (χ0v) is 18.6. The molecule has 1 fully saturated rings. The Bertz CT molecular complexity index is 957. The second-order valence-electron chi connectivity index (χ2n) is 8.47. The molecule has 0 atom stereocenters. The molecule has 1 saturated carbocycles. The average Bonchev–Trinajstić information content (AvgIpc) is 3.39. The molecule has 1 aliphatic rings. The van der Waals surface area contributed by atoms with E-state index in [0.29, 0.717) is 28.3 Å². The van der Waals surface area contributed by atoms with Crippen LogP contribution in [-0.2, 0) is 0 Å². The number of nitrogens with zero attached hydrogens (tertiary/aromatic N) is 3. The summed E-state index contributed by atoms with van der Waals surface area (Å²) >= 11 is 6.37. The van der Waals surface area contributed by atoms with Crippen LogP contribution in [0.25, 0.3) is 22.7 Å². The molecule has 5 nitrogen and oxygen atoms in total. The summed E-state index contributed by atoms with van der Waals surface area (Å²) in [5, 5.41) is 9.14. The highest BCUT2D eigenvalue weighted by molar-refractivity contribution is 6.33. The van der Waals surface area contributed by atoms with E-state index in [9.17, 15) is 0 Å². The van der Waals surface area contributed by atoms with Crippen LogP contribution in [0.3, 0.4) is 0 Å². The van der Waals surface area contributed by atoms with Crippen molar-refractivity contribution >= 4 is 11.6 Å². The lowest BCUT2D eigenvalue weighted by atomic mass is 9.79. The lowest BCUT2D eigenvalue weighted by molar-refractivity contribution is 0.291. The average molecular weight is 428 g/mol. The quantitative estimate of drug-likeness (QED) is 0.346. The van der Waals surface area contributed by atoms with E-state index in [1.807, 2.05) is 31.2 Å². The van der Waals surface area contributed by atoms with Crippen LogP contribution >= 0.6 is 11.6 Å². The first-order chi connectivity index (χ1) is 14.7. The van der Waals surface area contributed by atoms with Crippen LogP contribution in [0.15, 0.2) is 33.3 Å². The lowest BCUT2D eigenvalue weighted by Gasteiger charge is -2.26. The molecule has 4 rings (SSSR count). The smallest absolute Gasteiger partial charge is 0.263 e. The molecule has 2 heterocycles. The van der Waals surface area contributed by atoms with Crippen LogP contribution in [-0.4, -0.2) is 15.3 Å². The first-order valence-electron chi connectivity index (χ1n) is 11.2. The van der Waals surface area contributed by atoms with Gasteiger partial charge in [-0.15, -0.1) is 0 Å². The minimum atomic E-state index is 0.373. The number of halogens is 1. The molecular formula is C24H30ClN3O2. The molecule has 0 N–H and O–H groups in total. The first-order valence-corrected chi connectivity index (χ1v) is 11.6. The summed E-state index contributed by atoms with van der Waals surface area (Å²) in [5.41, 5.74) is 2.17. The second kappa shape index (κ2) is 9.78. The minimum Gasteiger partial charge on any atom is -0.360 e. The highest BCUT2D eigenvalue weighted by Crippen LogP contribution is 2.40. The van der Waals surface area contributed by atoms with Crippen LogP contribution in [0.2, 0.25) is 5.02 Å². The summed E-state index contributed by atoms with van der Waals surface area (Å²) in [4.78, 5) is 4.74. The fourth-order valence-corrected chi connectivity index (χ4v) is 4.76. The maximum atomic E-state index is 6.37. The standard InChI is InChI=1S/C24H30ClN3O2/c1-3-4-5-6-9-17-12-14-18(15-13-17)23-26-24(30-28-23)21-16(2)29-27-22(21)19-10-7-8-11-20(19)25/h7-8,10-11,17-18H,3-6,9,12-15H2,1-2H3. The van der Waals surface area contributed by atoms with Gasteiger partial charge in [0.25, 0.3) is 5.89 Å². The normalized spacial score (nSPS) is 19.3. The Morgan fingerprint density at radius 2 is 1.80 bits per heavy atom. The Morgan fingerprint density at radius 1 is 1.00 bits per heavy atom. The van der Waals surface area contributed by atoms with Gasteiger partial charge >= 0.3 is 0 Å². The number of aryl methyl sites for hydroxylation is 1. The second-order valence-corrected chi connectivity index (χ2v) is 8.87. The third-order valence-corrected chi connectivity index (χ3v) is 6.65. The molecule has 0 saturated heterocycles. The van der Waals surface area contributed by atoms with Gasteiger partial charge in [0.15, 0.2) is 5.82 Å². The van der Waals surface area contributed by atoms with Crippen LogP contribution < -0.4 is 0 Å². The molecule has 0 spiro atoms. The summed E-state index contributed by atoms with van der Waals surface area (Å²) in [6.45, 7) is 4.12. The Hall–Kier alpha value is -2.14. The lowest BCUT2D eigenvalue weighted by Crippen LogP contribution is -2.14. The van der Waals surface area contributed by atoms with Crippen molar-refractivity contribution in [2.45, 2.75) is 77.6 Å². The molecular weight excluding hydrogens is 398 g/mol. The molecule has 2 aromatic heterocycles. The van der Waals surface area contributed by atoms with Gasteiger partial charge in [0.2, 0.25) is 0 Å². The molecule has 1 aromatic carbocycles. The number of aromatic nitrogens is 3. The van der Waals surface area contributed by atoms with E-state index in [-0.39, 0.29) is 0 Å². The maximum absolute atomic E-state index is 6.37. The zero-order chi connectivity index (χ0) is 20.9. The van der Waals surface area contributed by atoms with E-state index in [0.717, 1.165) is 35.7 Å². The van der Waals surface area contributed by atoms with Crippen molar-refractivity contribution in [3.05, 3.63) is 40.9 Å². The Morgan fingerprint density at radius 3 is 2.57 bits per heavy atom. The highest BCUT2D eigenvalue weighted by atomic mass is 35.5. The van der Waals surface area contributed by atoms with Crippen molar-refractivity contribution in [2.24, 2.45) is 5.92 Å². The largest absolute Gasteiger partial charge is 0.360 e. The Labute approximate surface area is 183 Å². The maximum Gasteiger partial charge on any atom is 0.263 e. The molecule has 6 heteroatoms. The van der Waals surface area contributed by atoms with Crippen LogP contribution in [0, 0.1) is 12.8 Å². The van der Waals surface area contributed by atoms with Gasteiger partial charge in [-0.2, -0.15) is 4.98 Å². The van der Waals surface area contributed by atoms with Gasteiger partial charge < -0.3 is 9.05 Å². The highest BCUT2D eigenvalue weighted by Gasteiger charge is 2.28. The van der Waals surface area contributed by atoms with E-state index >= 15 is 0 Å². The zero-order valence-electron chi connectivity index (χ0n) is 17.9. The molecule has 160 valence electrons. The van der Waals surface area contributed by atoms with Crippen molar-refractivity contribution in [3.63, 3.8) is 0 Å². The van der Waals surface area contributed by atoms with Gasteiger partial charge in [-0.05, 0) is 44.6 Å². The molecule has 0 bridgehead atoms. The minimum absolute atomic E-state index is 0.373. The number of benzene rings is 1. The van der Waals surface area contributed by atoms with Crippen molar-refractivity contribution in [2.75, 3.05) is 0 Å². The molecule has 0 amide bonds. The number of rotatable bonds is 8. The summed E-state index contributed by atoms with van der Waals surface area (Å²) in [5.74, 6) is 3.14. The summed E-state index contributed by atoms with van der Waals surface area (Å²) in [7, 11) is 0. The predicted molar refractivity (Wildman–Crippen MR) is 118 cm³/mol. The van der Waals surface area contributed by atoms with Crippen molar-refractivity contribution in [3.8, 4) is 22.7 Å². The molecule has 30 heavy (non-hydrogen) atoms. The van der Waals surface area contributed by atoms with Gasteiger partial charge in [-0.3, -0.25) is 0 Å². The van der Waals surface area contributed by atoms with Crippen LogP contribution in [0.5, 0.6) is 0 Å². The van der Waals surface area contributed by atoms with Crippen LogP contribution in [0.4, 0.5) is 0 Å². The molecule has 1 aliphatic carbocycles. The Balaban J connectivity index is 1.45. The SMILES string of the molecule is CCCCCCC1CCC(c2noc(-c3c(-c4ccccc4Cl)noc3C)n2)CC1. The van der Waals surface area contributed by atoms with Gasteiger partial charge in [-0.1, -0.05) is 79.1 Å². The number of unbranched alkanes of at least 4 members (excludes halogenated alkanes) is 3. The van der Waals surface area contributed by atoms with Gasteiger partial charge in [-0.25, -0.2) is 0 Å². The van der Waals surface area contributed by atoms with Gasteiger partial charge in [0.1, 0.15) is 17.0 Å². The van der Waals surface area contributed by atoms with Gasteiger partial charge in [0, 0.05) is 11.5 Å². The molecule has 0 unspecified atom stereocenters. The molecule has 3 aromatic rings. The molecule has 0 radical (unpaired) electrons. The third kappa shape index (κ3) is 4.61.